The van der Waals surface area contributed by atoms with E-state index in [2.05, 4.69) is 13.8 Å². The molecule has 210 valence electrons. The van der Waals surface area contributed by atoms with Crippen LogP contribution in [0.2, 0.25) is 0 Å². The second-order valence-electron chi connectivity index (χ2n) is 9.90. The molecule has 8 heteroatoms. The van der Waals surface area contributed by atoms with E-state index in [1.165, 1.54) is 0 Å². The fourth-order valence-electron chi connectivity index (χ4n) is 4.20. The van der Waals surface area contributed by atoms with Crippen LogP contribution < -0.4 is 14.2 Å². The van der Waals surface area contributed by atoms with Crippen molar-refractivity contribution in [3.8, 4) is 17.2 Å². The molecule has 3 rings (SSSR count). The standard InChI is InChI=1S/C31H40N2O6/c1-22(2)15-17-33(31(35)25-9-12-26(36-4)13-10-25)21-30(34)32(20-27-11-7-23(3)39-27)18-16-24-8-14-28(37-5)29(19-24)38-6/h7-14,19,22H,15-18,20-21H2,1-6H3. The Bertz CT molecular complexity index is 1220. The van der Waals surface area contributed by atoms with Gasteiger partial charge in [-0.3, -0.25) is 9.59 Å². The molecule has 0 spiro atoms. The molecule has 0 aliphatic heterocycles. The summed E-state index contributed by atoms with van der Waals surface area (Å²) in [5, 5.41) is 0. The Balaban J connectivity index is 1.80. The summed E-state index contributed by atoms with van der Waals surface area (Å²) >= 11 is 0. The second kappa shape index (κ2) is 14.3. The Morgan fingerprint density at radius 3 is 2.15 bits per heavy atom. The SMILES string of the molecule is COc1ccc(C(=O)N(CCC(C)C)CC(=O)N(CCc2ccc(OC)c(OC)c2)Cc2ccc(C)o2)cc1. The van der Waals surface area contributed by atoms with Crippen LogP contribution in [0.5, 0.6) is 17.2 Å². The Morgan fingerprint density at radius 2 is 1.56 bits per heavy atom. The normalized spacial score (nSPS) is 10.8. The highest BCUT2D eigenvalue weighted by Gasteiger charge is 2.24. The van der Waals surface area contributed by atoms with Crippen LogP contribution in [0.4, 0.5) is 0 Å². The van der Waals surface area contributed by atoms with Gasteiger partial charge in [0.2, 0.25) is 5.91 Å². The van der Waals surface area contributed by atoms with Crippen LogP contribution in [0.25, 0.3) is 0 Å². The molecule has 1 heterocycles. The average molecular weight is 537 g/mol. The van der Waals surface area contributed by atoms with Crippen molar-refractivity contribution >= 4 is 11.8 Å². The molecule has 1 aromatic heterocycles. The Kier molecular flexibility index (Phi) is 10.8. The highest BCUT2D eigenvalue weighted by atomic mass is 16.5. The van der Waals surface area contributed by atoms with Crippen molar-refractivity contribution in [2.24, 2.45) is 5.92 Å². The number of ether oxygens (including phenoxy) is 3. The van der Waals surface area contributed by atoms with Gasteiger partial charge in [0.25, 0.3) is 5.91 Å². The number of furan rings is 1. The zero-order valence-corrected chi connectivity index (χ0v) is 23.9. The first-order valence-corrected chi connectivity index (χ1v) is 13.2. The second-order valence-corrected chi connectivity index (χ2v) is 9.90. The fourth-order valence-corrected chi connectivity index (χ4v) is 4.20. The number of carbonyl (C=O) groups is 2. The van der Waals surface area contributed by atoms with E-state index in [-0.39, 0.29) is 18.4 Å². The highest BCUT2D eigenvalue weighted by molar-refractivity contribution is 5.96. The molecule has 0 unspecified atom stereocenters. The van der Waals surface area contributed by atoms with Gasteiger partial charge in [-0.15, -0.1) is 0 Å². The summed E-state index contributed by atoms with van der Waals surface area (Å²) in [5.41, 5.74) is 1.53. The average Bonchev–Trinajstić information content (AvgIpc) is 3.36. The van der Waals surface area contributed by atoms with Gasteiger partial charge in [0, 0.05) is 18.7 Å². The predicted octanol–water partition coefficient (Wildman–Crippen LogP) is 5.37. The molecule has 2 aromatic carbocycles. The number of methoxy groups -OCH3 is 3. The van der Waals surface area contributed by atoms with E-state index in [1.54, 1.807) is 55.4 Å². The smallest absolute Gasteiger partial charge is 0.254 e. The van der Waals surface area contributed by atoms with Crippen LogP contribution >= 0.6 is 0 Å². The van der Waals surface area contributed by atoms with E-state index in [4.69, 9.17) is 18.6 Å². The van der Waals surface area contributed by atoms with E-state index < -0.39 is 0 Å². The lowest BCUT2D eigenvalue weighted by molar-refractivity contribution is -0.132. The minimum absolute atomic E-state index is 0.0246. The maximum atomic E-state index is 13.7. The van der Waals surface area contributed by atoms with Crippen molar-refractivity contribution in [2.45, 2.75) is 40.2 Å². The number of hydrogen-bond donors (Lipinski definition) is 0. The van der Waals surface area contributed by atoms with Crippen LogP contribution in [0.1, 0.15) is 47.7 Å². The number of rotatable bonds is 14. The van der Waals surface area contributed by atoms with Gasteiger partial charge in [-0.25, -0.2) is 0 Å². The molecule has 0 fully saturated rings. The molecule has 0 radical (unpaired) electrons. The van der Waals surface area contributed by atoms with Gasteiger partial charge in [-0.2, -0.15) is 0 Å². The zero-order valence-electron chi connectivity index (χ0n) is 23.9. The minimum atomic E-state index is -0.180. The predicted molar refractivity (Wildman–Crippen MR) is 150 cm³/mol. The topological polar surface area (TPSA) is 81.5 Å². The Hall–Kier alpha value is -3.94. The van der Waals surface area contributed by atoms with Crippen molar-refractivity contribution in [1.82, 2.24) is 9.80 Å². The Morgan fingerprint density at radius 1 is 0.846 bits per heavy atom. The van der Waals surface area contributed by atoms with Gasteiger partial charge in [0.1, 0.15) is 23.8 Å². The number of hydrogen-bond acceptors (Lipinski definition) is 6. The zero-order chi connectivity index (χ0) is 28.4. The van der Waals surface area contributed by atoms with Crippen LogP contribution in [0.15, 0.2) is 59.0 Å². The lowest BCUT2D eigenvalue weighted by atomic mass is 10.1. The van der Waals surface area contributed by atoms with Crippen LogP contribution in [-0.2, 0) is 17.8 Å². The first-order chi connectivity index (χ1) is 18.7. The van der Waals surface area contributed by atoms with E-state index in [0.717, 1.165) is 17.7 Å². The molecule has 0 saturated heterocycles. The monoisotopic (exact) mass is 536 g/mol. The van der Waals surface area contributed by atoms with Gasteiger partial charge < -0.3 is 28.4 Å². The Labute approximate surface area is 231 Å². The number of aryl methyl sites for hydroxylation is 1. The molecule has 0 aliphatic carbocycles. The summed E-state index contributed by atoms with van der Waals surface area (Å²) in [6, 6.07) is 16.5. The first-order valence-electron chi connectivity index (χ1n) is 13.2. The third kappa shape index (κ3) is 8.53. The molecule has 2 amide bonds. The number of nitrogens with zero attached hydrogens (tertiary/aromatic N) is 2. The maximum absolute atomic E-state index is 13.7. The number of benzene rings is 2. The van der Waals surface area contributed by atoms with Crippen LogP contribution in [0, 0.1) is 12.8 Å². The molecule has 0 aliphatic rings. The molecule has 39 heavy (non-hydrogen) atoms. The van der Waals surface area contributed by atoms with E-state index in [0.29, 0.717) is 60.5 Å². The van der Waals surface area contributed by atoms with Gasteiger partial charge in [0.15, 0.2) is 11.5 Å². The molecule has 3 aromatic rings. The summed E-state index contributed by atoms with van der Waals surface area (Å²) in [6.45, 7) is 7.30. The first kappa shape index (κ1) is 29.6. The number of carbonyl (C=O) groups excluding carboxylic acids is 2. The van der Waals surface area contributed by atoms with Gasteiger partial charge in [-0.05, 0) is 79.8 Å². The molecular formula is C31H40N2O6. The highest BCUT2D eigenvalue weighted by Crippen LogP contribution is 2.28. The lowest BCUT2D eigenvalue weighted by Crippen LogP contribution is -2.44. The summed E-state index contributed by atoms with van der Waals surface area (Å²) < 4.78 is 21.8. The molecule has 0 bridgehead atoms. The van der Waals surface area contributed by atoms with Gasteiger partial charge in [-0.1, -0.05) is 19.9 Å². The quantitative estimate of drug-likeness (QED) is 0.275. The van der Waals surface area contributed by atoms with Crippen molar-refractivity contribution in [3.05, 3.63) is 77.2 Å². The molecular weight excluding hydrogens is 496 g/mol. The number of amides is 2. The lowest BCUT2D eigenvalue weighted by Gasteiger charge is -2.28. The molecule has 0 saturated carbocycles. The summed E-state index contributed by atoms with van der Waals surface area (Å²) in [4.78, 5) is 30.6. The van der Waals surface area contributed by atoms with E-state index >= 15 is 0 Å². The molecule has 8 nitrogen and oxygen atoms in total. The van der Waals surface area contributed by atoms with E-state index in [9.17, 15) is 9.59 Å². The largest absolute Gasteiger partial charge is 0.497 e. The third-order valence-electron chi connectivity index (χ3n) is 6.54. The summed E-state index contributed by atoms with van der Waals surface area (Å²) in [7, 11) is 4.78. The van der Waals surface area contributed by atoms with Crippen LogP contribution in [-0.4, -0.2) is 62.6 Å². The molecule has 0 atom stereocenters. The maximum Gasteiger partial charge on any atom is 0.254 e. The van der Waals surface area contributed by atoms with Crippen molar-refractivity contribution in [2.75, 3.05) is 41.0 Å². The third-order valence-corrected chi connectivity index (χ3v) is 6.54. The minimum Gasteiger partial charge on any atom is -0.497 e. The molecule has 0 N–H and O–H groups in total. The summed E-state index contributed by atoms with van der Waals surface area (Å²) in [6.07, 6.45) is 1.39. The van der Waals surface area contributed by atoms with Crippen molar-refractivity contribution in [1.29, 1.82) is 0 Å². The summed E-state index contributed by atoms with van der Waals surface area (Å²) in [5.74, 6) is 3.51. The van der Waals surface area contributed by atoms with Crippen molar-refractivity contribution in [3.63, 3.8) is 0 Å². The van der Waals surface area contributed by atoms with E-state index in [1.807, 2.05) is 37.3 Å². The van der Waals surface area contributed by atoms with Gasteiger partial charge in [0.05, 0.1) is 27.9 Å². The van der Waals surface area contributed by atoms with Gasteiger partial charge >= 0.3 is 0 Å². The van der Waals surface area contributed by atoms with Crippen molar-refractivity contribution < 1.29 is 28.2 Å². The van der Waals surface area contributed by atoms with Crippen LogP contribution in [0.3, 0.4) is 0 Å². The fraction of sp³-hybridized carbons (Fsp3) is 0.419.